The largest absolute Gasteiger partial charge is 0.387 e. The highest BCUT2D eigenvalue weighted by atomic mass is 16.3. The Morgan fingerprint density at radius 1 is 0.926 bits per heavy atom. The van der Waals surface area contributed by atoms with Crippen LogP contribution in [0.2, 0.25) is 0 Å². The summed E-state index contributed by atoms with van der Waals surface area (Å²) in [6, 6.07) is 10.9. The van der Waals surface area contributed by atoms with Gasteiger partial charge in [-0.05, 0) is 66.1 Å². The van der Waals surface area contributed by atoms with Gasteiger partial charge in [-0.15, -0.1) is 0 Å². The fraction of sp³-hybridized carbons (Fsp3) is 0.600. The number of hydrogen-bond donors (Lipinski definition) is 2. The SMILES string of the molecule is CCCCCCCCCNC[C@H](O)c1cc2c(c3ccccc13)CCCC2. The maximum Gasteiger partial charge on any atom is 0.0920 e. The average molecular weight is 368 g/mol. The van der Waals surface area contributed by atoms with E-state index in [1.807, 2.05) is 0 Å². The number of aliphatic hydroxyl groups is 1. The van der Waals surface area contributed by atoms with Gasteiger partial charge in [0.1, 0.15) is 0 Å². The number of fused-ring (bicyclic) bond motifs is 3. The Hall–Kier alpha value is -1.38. The van der Waals surface area contributed by atoms with Crippen molar-refractivity contribution in [3.8, 4) is 0 Å². The summed E-state index contributed by atoms with van der Waals surface area (Å²) in [5, 5.41) is 16.9. The lowest BCUT2D eigenvalue weighted by Crippen LogP contribution is -2.23. The molecule has 0 aromatic heterocycles. The maximum absolute atomic E-state index is 10.9. The van der Waals surface area contributed by atoms with Crippen molar-refractivity contribution < 1.29 is 5.11 Å². The van der Waals surface area contributed by atoms with Crippen LogP contribution in [0.5, 0.6) is 0 Å². The Morgan fingerprint density at radius 3 is 2.44 bits per heavy atom. The van der Waals surface area contributed by atoms with Crippen molar-refractivity contribution in [1.82, 2.24) is 5.32 Å². The molecule has 1 atom stereocenters. The number of nitrogens with one attached hydrogen (secondary N) is 1. The zero-order valence-electron chi connectivity index (χ0n) is 17.1. The van der Waals surface area contributed by atoms with Gasteiger partial charge in [0.05, 0.1) is 6.10 Å². The van der Waals surface area contributed by atoms with Crippen LogP contribution in [0, 0.1) is 0 Å². The molecule has 2 heteroatoms. The Kier molecular flexibility index (Phi) is 8.16. The summed E-state index contributed by atoms with van der Waals surface area (Å²) in [5.74, 6) is 0. The normalized spacial score (nSPS) is 15.0. The summed E-state index contributed by atoms with van der Waals surface area (Å²) >= 11 is 0. The lowest BCUT2D eigenvalue weighted by molar-refractivity contribution is 0.176. The van der Waals surface area contributed by atoms with Crippen LogP contribution in [0.25, 0.3) is 10.8 Å². The minimum atomic E-state index is -0.424. The molecule has 2 N–H and O–H groups in total. The number of hydrogen-bond acceptors (Lipinski definition) is 2. The second-order valence-electron chi connectivity index (χ2n) is 8.20. The standard InChI is InChI=1S/C25H37NO/c1-2-3-4-5-6-7-12-17-26-19-25(27)24-18-20-13-8-9-14-21(20)22-15-10-11-16-23(22)24/h10-11,15-16,18,25-27H,2-9,12-14,17,19H2,1H3/t25-/m0/s1. The Morgan fingerprint density at radius 2 is 1.63 bits per heavy atom. The average Bonchev–Trinajstić information content (AvgIpc) is 2.72. The van der Waals surface area contributed by atoms with Crippen molar-refractivity contribution >= 4 is 10.8 Å². The van der Waals surface area contributed by atoms with Crippen LogP contribution in [-0.2, 0) is 12.8 Å². The van der Waals surface area contributed by atoms with Gasteiger partial charge in [0.25, 0.3) is 0 Å². The van der Waals surface area contributed by atoms with Crippen molar-refractivity contribution in [3.63, 3.8) is 0 Å². The third-order valence-electron chi connectivity index (χ3n) is 6.06. The van der Waals surface area contributed by atoms with Crippen molar-refractivity contribution in [2.24, 2.45) is 0 Å². The highest BCUT2D eigenvalue weighted by molar-refractivity contribution is 5.90. The van der Waals surface area contributed by atoms with Crippen LogP contribution in [0.4, 0.5) is 0 Å². The lowest BCUT2D eigenvalue weighted by Gasteiger charge is -2.23. The van der Waals surface area contributed by atoms with Gasteiger partial charge in [-0.3, -0.25) is 0 Å². The first-order valence-corrected chi connectivity index (χ1v) is 11.2. The third-order valence-corrected chi connectivity index (χ3v) is 6.06. The molecule has 2 aromatic carbocycles. The summed E-state index contributed by atoms with van der Waals surface area (Å²) in [5.41, 5.74) is 4.09. The van der Waals surface area contributed by atoms with Crippen molar-refractivity contribution in [2.45, 2.75) is 83.7 Å². The zero-order chi connectivity index (χ0) is 18.9. The van der Waals surface area contributed by atoms with Gasteiger partial charge in [-0.25, -0.2) is 0 Å². The number of benzene rings is 2. The first kappa shape index (κ1) is 20.4. The van der Waals surface area contributed by atoms with Crippen LogP contribution >= 0.6 is 0 Å². The molecule has 3 rings (SSSR count). The molecule has 0 heterocycles. The first-order valence-electron chi connectivity index (χ1n) is 11.2. The zero-order valence-corrected chi connectivity index (χ0v) is 17.1. The number of aliphatic hydroxyl groups excluding tert-OH is 1. The van der Waals surface area contributed by atoms with Gasteiger partial charge in [-0.2, -0.15) is 0 Å². The van der Waals surface area contributed by atoms with Crippen molar-refractivity contribution in [1.29, 1.82) is 0 Å². The van der Waals surface area contributed by atoms with E-state index in [4.69, 9.17) is 0 Å². The topological polar surface area (TPSA) is 32.3 Å². The Balaban J connectivity index is 1.53. The van der Waals surface area contributed by atoms with E-state index in [1.165, 1.54) is 86.1 Å². The summed E-state index contributed by atoms with van der Waals surface area (Å²) in [6.45, 7) is 3.92. The smallest absolute Gasteiger partial charge is 0.0920 e. The fourth-order valence-electron chi connectivity index (χ4n) is 4.49. The summed E-state index contributed by atoms with van der Waals surface area (Å²) in [4.78, 5) is 0. The monoisotopic (exact) mass is 367 g/mol. The van der Waals surface area contributed by atoms with E-state index >= 15 is 0 Å². The highest BCUT2D eigenvalue weighted by Gasteiger charge is 2.18. The molecule has 2 aromatic rings. The summed E-state index contributed by atoms with van der Waals surface area (Å²) < 4.78 is 0. The van der Waals surface area contributed by atoms with Crippen LogP contribution in [0.15, 0.2) is 30.3 Å². The minimum Gasteiger partial charge on any atom is -0.387 e. The molecule has 0 bridgehead atoms. The molecule has 0 saturated carbocycles. The van der Waals surface area contributed by atoms with Crippen LogP contribution < -0.4 is 5.32 Å². The molecule has 0 aliphatic heterocycles. The molecule has 27 heavy (non-hydrogen) atoms. The number of unbranched alkanes of at least 4 members (excludes halogenated alkanes) is 6. The molecular weight excluding hydrogens is 330 g/mol. The van der Waals surface area contributed by atoms with Gasteiger partial charge in [0, 0.05) is 6.54 Å². The Bertz CT molecular complexity index is 709. The van der Waals surface area contributed by atoms with E-state index in [2.05, 4.69) is 42.6 Å². The Labute approximate surface area is 165 Å². The second-order valence-corrected chi connectivity index (χ2v) is 8.20. The van der Waals surface area contributed by atoms with Crippen molar-refractivity contribution in [3.05, 3.63) is 47.0 Å². The third kappa shape index (κ3) is 5.56. The molecule has 2 nitrogen and oxygen atoms in total. The van der Waals surface area contributed by atoms with Gasteiger partial charge in [-0.1, -0.05) is 75.8 Å². The maximum atomic E-state index is 10.9. The summed E-state index contributed by atoms with van der Waals surface area (Å²) in [6.07, 6.45) is 13.8. The lowest BCUT2D eigenvalue weighted by atomic mass is 9.84. The molecule has 0 amide bonds. The van der Waals surface area contributed by atoms with E-state index in [0.29, 0.717) is 6.54 Å². The van der Waals surface area contributed by atoms with Crippen LogP contribution in [0.1, 0.15) is 87.5 Å². The second kappa shape index (κ2) is 10.8. The van der Waals surface area contributed by atoms with Crippen molar-refractivity contribution in [2.75, 3.05) is 13.1 Å². The molecule has 0 fully saturated rings. The van der Waals surface area contributed by atoms with Gasteiger partial charge in [0.15, 0.2) is 0 Å². The fourth-order valence-corrected chi connectivity index (χ4v) is 4.49. The highest BCUT2D eigenvalue weighted by Crippen LogP contribution is 2.34. The number of aryl methyl sites for hydroxylation is 2. The molecule has 0 unspecified atom stereocenters. The number of rotatable bonds is 11. The molecular formula is C25H37NO. The van der Waals surface area contributed by atoms with E-state index in [-0.39, 0.29) is 0 Å². The minimum absolute atomic E-state index is 0.424. The molecule has 148 valence electrons. The predicted octanol–water partition coefficient (Wildman–Crippen LogP) is 6.09. The van der Waals surface area contributed by atoms with Crippen LogP contribution in [-0.4, -0.2) is 18.2 Å². The summed E-state index contributed by atoms with van der Waals surface area (Å²) in [7, 11) is 0. The molecule has 0 radical (unpaired) electrons. The van der Waals surface area contributed by atoms with Crippen LogP contribution in [0.3, 0.4) is 0 Å². The predicted molar refractivity (Wildman–Crippen MR) is 116 cm³/mol. The van der Waals surface area contributed by atoms with Gasteiger partial charge < -0.3 is 10.4 Å². The van der Waals surface area contributed by atoms with E-state index < -0.39 is 6.10 Å². The van der Waals surface area contributed by atoms with Gasteiger partial charge >= 0.3 is 0 Å². The van der Waals surface area contributed by atoms with E-state index in [9.17, 15) is 5.11 Å². The molecule has 1 aliphatic rings. The molecule has 0 saturated heterocycles. The molecule has 0 spiro atoms. The van der Waals surface area contributed by atoms with E-state index in [1.54, 1.807) is 0 Å². The molecule has 1 aliphatic carbocycles. The quantitative estimate of drug-likeness (QED) is 0.471. The van der Waals surface area contributed by atoms with Gasteiger partial charge in [0.2, 0.25) is 0 Å². The van der Waals surface area contributed by atoms with E-state index in [0.717, 1.165) is 18.5 Å². The first-order chi connectivity index (χ1) is 13.3.